The molecular formula is C22H21NO5. The molecule has 28 heavy (non-hydrogen) atoms. The van der Waals surface area contributed by atoms with Crippen LogP contribution in [0.2, 0.25) is 0 Å². The third-order valence-electron chi connectivity index (χ3n) is 4.66. The van der Waals surface area contributed by atoms with E-state index >= 15 is 0 Å². The number of ketones is 1. The molecule has 1 aliphatic rings. The van der Waals surface area contributed by atoms with Gasteiger partial charge in [-0.05, 0) is 43.0 Å². The average molecular weight is 379 g/mol. The lowest BCUT2D eigenvalue weighted by Gasteiger charge is -2.17. The van der Waals surface area contributed by atoms with Gasteiger partial charge < -0.3 is 9.47 Å². The number of ether oxygens (including phenoxy) is 2. The van der Waals surface area contributed by atoms with Crippen LogP contribution in [0.5, 0.6) is 11.5 Å². The van der Waals surface area contributed by atoms with E-state index in [1.807, 2.05) is 18.2 Å². The average Bonchev–Trinajstić information content (AvgIpc) is 2.71. The highest BCUT2D eigenvalue weighted by molar-refractivity contribution is 6.14. The molecule has 3 rings (SSSR count). The van der Waals surface area contributed by atoms with Crippen LogP contribution in [-0.2, 0) is 4.79 Å². The molecule has 0 spiro atoms. The van der Waals surface area contributed by atoms with Crippen LogP contribution in [0.25, 0.3) is 12.2 Å². The minimum Gasteiger partial charge on any atom is -0.493 e. The van der Waals surface area contributed by atoms with Crippen molar-refractivity contribution in [2.24, 2.45) is 0 Å². The van der Waals surface area contributed by atoms with Gasteiger partial charge in [-0.1, -0.05) is 24.3 Å². The molecule has 1 saturated carbocycles. The van der Waals surface area contributed by atoms with Crippen LogP contribution in [0.15, 0.2) is 53.6 Å². The zero-order valence-corrected chi connectivity index (χ0v) is 15.8. The van der Waals surface area contributed by atoms with Crippen molar-refractivity contribution in [3.8, 4) is 11.5 Å². The monoisotopic (exact) mass is 379 g/mol. The Bertz CT molecular complexity index is 975. The van der Waals surface area contributed by atoms with Gasteiger partial charge in [0.15, 0.2) is 17.3 Å². The SMILES string of the molecule is COc1cccc(/C=C2\CCC/C(=C\c3cccc([N+](=O)[O-])c3)C2=O)c1OC. The molecule has 2 aromatic carbocycles. The van der Waals surface area contributed by atoms with Gasteiger partial charge in [0.2, 0.25) is 0 Å². The number of nitrogens with zero attached hydrogens (tertiary/aromatic N) is 1. The number of nitro benzene ring substituents is 1. The summed E-state index contributed by atoms with van der Waals surface area (Å²) in [5.41, 5.74) is 2.78. The highest BCUT2D eigenvalue weighted by Crippen LogP contribution is 2.35. The summed E-state index contributed by atoms with van der Waals surface area (Å²) in [6.45, 7) is 0. The molecule has 1 aliphatic carbocycles. The van der Waals surface area contributed by atoms with Crippen molar-refractivity contribution >= 4 is 23.6 Å². The second-order valence-electron chi connectivity index (χ2n) is 6.46. The maximum atomic E-state index is 13.0. The first-order valence-corrected chi connectivity index (χ1v) is 8.94. The summed E-state index contributed by atoms with van der Waals surface area (Å²) < 4.78 is 10.8. The third-order valence-corrected chi connectivity index (χ3v) is 4.66. The molecule has 0 bridgehead atoms. The summed E-state index contributed by atoms with van der Waals surface area (Å²) in [5, 5.41) is 11.0. The number of para-hydroxylation sites is 1. The lowest BCUT2D eigenvalue weighted by molar-refractivity contribution is -0.384. The Kier molecular flexibility index (Phi) is 5.89. The number of Topliss-reactive ketones (excluding diaryl/α,β-unsaturated/α-hetero) is 1. The van der Waals surface area contributed by atoms with Crippen molar-refractivity contribution in [1.82, 2.24) is 0 Å². The summed E-state index contributed by atoms with van der Waals surface area (Å²) in [5.74, 6) is 1.15. The molecule has 6 heteroatoms. The van der Waals surface area contributed by atoms with E-state index in [1.54, 1.807) is 38.5 Å². The van der Waals surface area contributed by atoms with Crippen LogP contribution < -0.4 is 9.47 Å². The van der Waals surface area contributed by atoms with Gasteiger partial charge in [-0.3, -0.25) is 14.9 Å². The van der Waals surface area contributed by atoms with Crippen LogP contribution in [0.4, 0.5) is 5.69 Å². The Morgan fingerprint density at radius 3 is 2.39 bits per heavy atom. The zero-order valence-electron chi connectivity index (χ0n) is 15.8. The van der Waals surface area contributed by atoms with E-state index in [-0.39, 0.29) is 11.5 Å². The number of allylic oxidation sites excluding steroid dienone is 2. The van der Waals surface area contributed by atoms with Crippen LogP contribution in [0.3, 0.4) is 0 Å². The molecule has 0 heterocycles. The van der Waals surface area contributed by atoms with E-state index in [2.05, 4.69) is 0 Å². The Morgan fingerprint density at radius 1 is 1.00 bits per heavy atom. The first-order valence-electron chi connectivity index (χ1n) is 8.94. The van der Waals surface area contributed by atoms with Gasteiger partial charge in [0.05, 0.1) is 19.1 Å². The number of carbonyl (C=O) groups excluding carboxylic acids is 1. The largest absolute Gasteiger partial charge is 0.493 e. The molecule has 0 aromatic heterocycles. The van der Waals surface area contributed by atoms with Crippen molar-refractivity contribution in [3.63, 3.8) is 0 Å². The van der Waals surface area contributed by atoms with E-state index in [4.69, 9.17) is 9.47 Å². The summed E-state index contributed by atoms with van der Waals surface area (Å²) >= 11 is 0. The number of hydrogen-bond acceptors (Lipinski definition) is 5. The topological polar surface area (TPSA) is 78.7 Å². The minimum absolute atomic E-state index is 0.00879. The predicted octanol–water partition coefficient (Wildman–Crippen LogP) is 4.83. The number of non-ortho nitro benzene ring substituents is 1. The number of nitro groups is 1. The second kappa shape index (κ2) is 8.52. The van der Waals surface area contributed by atoms with Crippen molar-refractivity contribution in [2.75, 3.05) is 14.2 Å². The molecule has 1 fully saturated rings. The lowest BCUT2D eigenvalue weighted by Crippen LogP contribution is -2.12. The maximum Gasteiger partial charge on any atom is 0.270 e. The highest BCUT2D eigenvalue weighted by Gasteiger charge is 2.21. The van der Waals surface area contributed by atoms with E-state index in [9.17, 15) is 14.9 Å². The molecule has 144 valence electrons. The fourth-order valence-corrected chi connectivity index (χ4v) is 3.32. The smallest absolute Gasteiger partial charge is 0.270 e. The Hall–Kier alpha value is -3.41. The molecule has 0 atom stereocenters. The van der Waals surface area contributed by atoms with Gasteiger partial charge in [0.25, 0.3) is 5.69 Å². The van der Waals surface area contributed by atoms with Crippen LogP contribution >= 0.6 is 0 Å². The molecule has 0 unspecified atom stereocenters. The maximum absolute atomic E-state index is 13.0. The fraction of sp³-hybridized carbons (Fsp3) is 0.227. The second-order valence-corrected chi connectivity index (χ2v) is 6.46. The fourth-order valence-electron chi connectivity index (χ4n) is 3.32. The van der Waals surface area contributed by atoms with E-state index in [1.165, 1.54) is 12.1 Å². The summed E-state index contributed by atoms with van der Waals surface area (Å²) in [7, 11) is 3.14. The van der Waals surface area contributed by atoms with Gasteiger partial charge in [-0.15, -0.1) is 0 Å². The number of carbonyl (C=O) groups is 1. The van der Waals surface area contributed by atoms with Crippen molar-refractivity contribution in [1.29, 1.82) is 0 Å². The number of rotatable bonds is 5. The lowest BCUT2D eigenvalue weighted by atomic mass is 9.86. The van der Waals surface area contributed by atoms with Gasteiger partial charge in [-0.25, -0.2) is 0 Å². The molecule has 6 nitrogen and oxygen atoms in total. The predicted molar refractivity (Wildman–Crippen MR) is 107 cm³/mol. The molecule has 0 aliphatic heterocycles. The molecule has 2 aromatic rings. The van der Waals surface area contributed by atoms with Gasteiger partial charge in [0.1, 0.15) is 0 Å². The van der Waals surface area contributed by atoms with Crippen LogP contribution in [0, 0.1) is 10.1 Å². The van der Waals surface area contributed by atoms with Gasteiger partial charge in [-0.2, -0.15) is 0 Å². The van der Waals surface area contributed by atoms with Crippen molar-refractivity contribution in [2.45, 2.75) is 19.3 Å². The number of methoxy groups -OCH3 is 2. The molecule has 0 saturated heterocycles. The van der Waals surface area contributed by atoms with Crippen molar-refractivity contribution < 1.29 is 19.2 Å². The van der Waals surface area contributed by atoms with Gasteiger partial charge >= 0.3 is 0 Å². The number of hydrogen-bond donors (Lipinski definition) is 0. The summed E-state index contributed by atoms with van der Waals surface area (Å²) in [4.78, 5) is 23.5. The van der Waals surface area contributed by atoms with Crippen LogP contribution in [-0.4, -0.2) is 24.9 Å². The Labute approximate surface area is 163 Å². The standard InChI is InChI=1S/C22H21NO5/c1-27-20-11-5-9-18(22(20)28-2)14-17-8-4-7-16(21(17)24)12-15-6-3-10-19(13-15)23(25)26/h3,5-6,9-14H,4,7-8H2,1-2H3/b16-12+,17-14+. The number of benzene rings is 2. The van der Waals surface area contributed by atoms with Crippen molar-refractivity contribution in [3.05, 3.63) is 74.9 Å². The van der Waals surface area contributed by atoms with E-state index < -0.39 is 4.92 Å². The normalized spacial score (nSPS) is 17.0. The first-order chi connectivity index (χ1) is 13.5. The molecule has 0 radical (unpaired) electrons. The van der Waals surface area contributed by atoms with Gasteiger partial charge in [0, 0.05) is 28.8 Å². The highest BCUT2D eigenvalue weighted by atomic mass is 16.6. The molecule has 0 N–H and O–H groups in total. The van der Waals surface area contributed by atoms with E-state index in [0.717, 1.165) is 12.0 Å². The first kappa shape index (κ1) is 19.4. The third kappa shape index (κ3) is 4.11. The summed E-state index contributed by atoms with van der Waals surface area (Å²) in [6, 6.07) is 11.8. The Balaban J connectivity index is 1.94. The molecular weight excluding hydrogens is 358 g/mol. The minimum atomic E-state index is -0.439. The molecule has 0 amide bonds. The van der Waals surface area contributed by atoms with E-state index in [0.29, 0.717) is 41.1 Å². The zero-order chi connectivity index (χ0) is 20.1. The quantitative estimate of drug-likeness (QED) is 0.422. The van der Waals surface area contributed by atoms with Crippen LogP contribution in [0.1, 0.15) is 30.4 Å². The summed E-state index contributed by atoms with van der Waals surface area (Å²) in [6.07, 6.45) is 5.74. The Morgan fingerprint density at radius 2 is 1.71 bits per heavy atom.